The predicted octanol–water partition coefficient (Wildman–Crippen LogP) is 3.70. The number of anilines is 1. The largest absolute Gasteiger partial charge is 0.420 e. The van der Waals surface area contributed by atoms with Crippen molar-refractivity contribution in [3.05, 3.63) is 53.7 Å². The van der Waals surface area contributed by atoms with Crippen LogP contribution in [0.25, 0.3) is 0 Å². The molecule has 3 rings (SSSR count). The van der Waals surface area contributed by atoms with Gasteiger partial charge in [0.2, 0.25) is 6.29 Å². The Balaban J connectivity index is 1.83. The smallest absolute Gasteiger partial charge is 0.410 e. The Kier molecular flexibility index (Phi) is 5.20. The molecule has 1 saturated heterocycles. The summed E-state index contributed by atoms with van der Waals surface area (Å²) in [5.41, 5.74) is -0.329. The van der Waals surface area contributed by atoms with E-state index in [1.165, 1.54) is 19.2 Å². The van der Waals surface area contributed by atoms with Crippen LogP contribution in [0.1, 0.15) is 24.0 Å². The number of rotatable bonds is 4. The highest BCUT2D eigenvalue weighted by Crippen LogP contribution is 2.32. The zero-order chi connectivity index (χ0) is 17.8. The Morgan fingerprint density at radius 3 is 2.52 bits per heavy atom. The van der Waals surface area contributed by atoms with Crippen molar-refractivity contribution in [1.82, 2.24) is 4.98 Å². The second-order valence-electron chi connectivity index (χ2n) is 5.26. The van der Waals surface area contributed by atoms with Gasteiger partial charge in [-0.25, -0.2) is 18.6 Å². The number of hydrogen-bond acceptors (Lipinski definition) is 5. The maximum atomic E-state index is 13.2. The summed E-state index contributed by atoms with van der Waals surface area (Å²) in [4.78, 5) is 17.5. The number of halogens is 2. The summed E-state index contributed by atoms with van der Waals surface area (Å²) in [6.45, 7) is 0.594. The van der Waals surface area contributed by atoms with Gasteiger partial charge in [0.1, 0.15) is 17.3 Å². The van der Waals surface area contributed by atoms with E-state index >= 15 is 0 Å². The first kappa shape index (κ1) is 17.2. The van der Waals surface area contributed by atoms with Crippen molar-refractivity contribution in [1.29, 1.82) is 0 Å². The fraction of sp³-hybridized carbons (Fsp3) is 0.294. The van der Waals surface area contributed by atoms with Gasteiger partial charge in [0, 0.05) is 12.6 Å². The van der Waals surface area contributed by atoms with Crippen LogP contribution in [0, 0.1) is 0 Å². The van der Waals surface area contributed by atoms with Gasteiger partial charge < -0.3 is 14.2 Å². The molecule has 0 bridgehead atoms. The van der Waals surface area contributed by atoms with Gasteiger partial charge in [-0.1, -0.05) is 18.2 Å². The summed E-state index contributed by atoms with van der Waals surface area (Å²) in [5, 5.41) is 0. The number of nitrogens with zero attached hydrogens (tertiary/aromatic N) is 2. The fourth-order valence-corrected chi connectivity index (χ4v) is 2.30. The Morgan fingerprint density at radius 2 is 1.88 bits per heavy atom. The highest BCUT2D eigenvalue weighted by molar-refractivity contribution is 5.87. The molecule has 8 heteroatoms. The highest BCUT2D eigenvalue weighted by atomic mass is 19.3. The van der Waals surface area contributed by atoms with E-state index in [0.29, 0.717) is 19.0 Å². The molecule has 1 aliphatic rings. The van der Waals surface area contributed by atoms with Crippen LogP contribution >= 0.6 is 0 Å². The molecule has 2 heterocycles. The summed E-state index contributed by atoms with van der Waals surface area (Å²) in [7, 11) is 1.44. The summed E-state index contributed by atoms with van der Waals surface area (Å²) < 4.78 is 42.2. The van der Waals surface area contributed by atoms with Crippen LogP contribution in [-0.2, 0) is 9.47 Å². The van der Waals surface area contributed by atoms with E-state index in [1.807, 2.05) is 0 Å². The molecular formula is C17H16F2N2O4. The van der Waals surface area contributed by atoms with E-state index < -0.39 is 18.8 Å². The van der Waals surface area contributed by atoms with E-state index in [2.05, 4.69) is 4.98 Å². The Labute approximate surface area is 142 Å². The van der Waals surface area contributed by atoms with Crippen LogP contribution in [-0.4, -0.2) is 31.3 Å². The molecule has 0 saturated carbocycles. The number of amides is 1. The van der Waals surface area contributed by atoms with Gasteiger partial charge in [-0.2, -0.15) is 0 Å². The minimum Gasteiger partial charge on any atom is -0.410 e. The molecule has 0 radical (unpaired) electrons. The Bertz CT molecular complexity index is 737. The third kappa shape index (κ3) is 3.92. The fourth-order valence-electron chi connectivity index (χ4n) is 2.30. The van der Waals surface area contributed by atoms with Crippen LogP contribution in [0.3, 0.4) is 0 Å². The van der Waals surface area contributed by atoms with Gasteiger partial charge in [0.05, 0.1) is 13.2 Å². The normalized spacial score (nSPS) is 14.7. The first-order valence-corrected chi connectivity index (χ1v) is 7.59. The zero-order valence-corrected chi connectivity index (χ0v) is 13.4. The van der Waals surface area contributed by atoms with Gasteiger partial charge in [0.25, 0.3) is 6.43 Å². The maximum absolute atomic E-state index is 13.2. The first-order valence-electron chi connectivity index (χ1n) is 7.59. The lowest BCUT2D eigenvalue weighted by Gasteiger charge is -2.19. The summed E-state index contributed by atoms with van der Waals surface area (Å²) in [6, 6.07) is 11.0. The SMILES string of the molecule is CN(C(=O)Oc1ccccc1)c1ccc(C(F)F)c(C2OCCO2)n1. The molecule has 2 aromatic rings. The molecule has 1 amide bonds. The molecule has 0 N–H and O–H groups in total. The van der Waals surface area contributed by atoms with Gasteiger partial charge in [-0.15, -0.1) is 0 Å². The van der Waals surface area contributed by atoms with Crippen LogP contribution in [0.5, 0.6) is 5.75 Å². The van der Waals surface area contributed by atoms with Crippen LogP contribution in [0.15, 0.2) is 42.5 Å². The van der Waals surface area contributed by atoms with Crippen molar-refractivity contribution in [2.75, 3.05) is 25.2 Å². The van der Waals surface area contributed by atoms with Crippen molar-refractivity contribution in [3.63, 3.8) is 0 Å². The molecule has 0 aliphatic carbocycles. The third-order valence-corrected chi connectivity index (χ3v) is 3.59. The number of aromatic nitrogens is 1. The first-order chi connectivity index (χ1) is 12.1. The number of benzene rings is 1. The number of alkyl halides is 2. The monoisotopic (exact) mass is 350 g/mol. The standard InChI is InChI=1S/C17H16F2N2O4/c1-21(17(22)25-11-5-3-2-4-6-11)13-8-7-12(15(18)19)14(20-13)16-23-9-10-24-16/h2-8,15-16H,9-10H2,1H3. The molecule has 0 spiro atoms. The van der Waals surface area contributed by atoms with Crippen LogP contribution in [0.4, 0.5) is 19.4 Å². The molecule has 1 aromatic carbocycles. The molecule has 1 aromatic heterocycles. The predicted molar refractivity (Wildman–Crippen MR) is 84.7 cm³/mol. The van der Waals surface area contributed by atoms with Crippen molar-refractivity contribution < 1.29 is 27.8 Å². The van der Waals surface area contributed by atoms with Gasteiger partial charge in [-0.05, 0) is 24.3 Å². The van der Waals surface area contributed by atoms with Crippen molar-refractivity contribution >= 4 is 11.9 Å². The van der Waals surface area contributed by atoms with Gasteiger partial charge in [-0.3, -0.25) is 4.90 Å². The molecular weight excluding hydrogens is 334 g/mol. The Morgan fingerprint density at radius 1 is 1.20 bits per heavy atom. The minimum absolute atomic E-state index is 0.0376. The summed E-state index contributed by atoms with van der Waals surface area (Å²) in [5.74, 6) is 0.519. The van der Waals surface area contributed by atoms with E-state index in [-0.39, 0.29) is 17.1 Å². The molecule has 1 fully saturated rings. The number of para-hydroxylation sites is 1. The van der Waals surface area contributed by atoms with Crippen molar-refractivity contribution in [3.8, 4) is 5.75 Å². The van der Waals surface area contributed by atoms with E-state index in [0.717, 1.165) is 4.90 Å². The van der Waals surface area contributed by atoms with Gasteiger partial charge >= 0.3 is 6.09 Å². The summed E-state index contributed by atoms with van der Waals surface area (Å²) >= 11 is 0. The van der Waals surface area contributed by atoms with Crippen molar-refractivity contribution in [2.45, 2.75) is 12.7 Å². The zero-order valence-electron chi connectivity index (χ0n) is 13.4. The number of hydrogen-bond donors (Lipinski definition) is 0. The van der Waals surface area contributed by atoms with Crippen LogP contribution < -0.4 is 9.64 Å². The second-order valence-corrected chi connectivity index (χ2v) is 5.26. The lowest BCUT2D eigenvalue weighted by molar-refractivity contribution is -0.0497. The second kappa shape index (κ2) is 7.54. The average molecular weight is 350 g/mol. The van der Waals surface area contributed by atoms with Crippen LogP contribution in [0.2, 0.25) is 0 Å². The Hall–Kier alpha value is -2.58. The summed E-state index contributed by atoms with van der Waals surface area (Å²) in [6.07, 6.45) is -4.39. The molecule has 132 valence electrons. The number of pyridine rings is 1. The topological polar surface area (TPSA) is 60.9 Å². The quantitative estimate of drug-likeness (QED) is 0.841. The average Bonchev–Trinajstić information content (AvgIpc) is 3.16. The molecule has 0 atom stereocenters. The van der Waals surface area contributed by atoms with Crippen molar-refractivity contribution in [2.24, 2.45) is 0 Å². The lowest BCUT2D eigenvalue weighted by atomic mass is 10.2. The molecule has 6 nitrogen and oxygen atoms in total. The number of carbonyl (C=O) groups excluding carboxylic acids is 1. The van der Waals surface area contributed by atoms with Gasteiger partial charge in [0.15, 0.2) is 0 Å². The number of carbonyl (C=O) groups is 1. The lowest BCUT2D eigenvalue weighted by Crippen LogP contribution is -2.30. The van der Waals surface area contributed by atoms with E-state index in [1.54, 1.807) is 30.3 Å². The molecule has 1 aliphatic heterocycles. The van der Waals surface area contributed by atoms with E-state index in [9.17, 15) is 13.6 Å². The third-order valence-electron chi connectivity index (χ3n) is 3.59. The molecule has 25 heavy (non-hydrogen) atoms. The minimum atomic E-state index is -2.73. The highest BCUT2D eigenvalue weighted by Gasteiger charge is 2.28. The maximum Gasteiger partial charge on any atom is 0.420 e. The van der Waals surface area contributed by atoms with E-state index in [4.69, 9.17) is 14.2 Å². The molecule has 0 unspecified atom stereocenters. The number of ether oxygens (including phenoxy) is 3.